The number of halogens is 3. The number of nitrogens with zero attached hydrogens (tertiary/aromatic N) is 7. The number of nitrogens with two attached hydrogens (primary N) is 1. The van der Waals surface area contributed by atoms with Gasteiger partial charge in [-0.3, -0.25) is 19.1 Å². The number of imidazole rings is 1. The summed E-state index contributed by atoms with van der Waals surface area (Å²) in [5.74, 6) is 3.98. The number of aromatic nitrogens is 5. The fourth-order valence-corrected chi connectivity index (χ4v) is 4.46. The number of benzene rings is 2. The summed E-state index contributed by atoms with van der Waals surface area (Å²) in [6.45, 7) is 0.411. The van der Waals surface area contributed by atoms with Gasteiger partial charge in [0.2, 0.25) is 0 Å². The van der Waals surface area contributed by atoms with Crippen molar-refractivity contribution in [2.75, 3.05) is 43.6 Å². The van der Waals surface area contributed by atoms with Gasteiger partial charge >= 0.3 is 17.8 Å². The number of fused-ring (bicyclic) bond motifs is 1. The average Bonchev–Trinajstić information content (AvgIpc) is 3.33. The first kappa shape index (κ1) is 31.4. The van der Waals surface area contributed by atoms with Gasteiger partial charge in [0.25, 0.3) is 5.91 Å². The van der Waals surface area contributed by atoms with Crippen LogP contribution in [0.15, 0.2) is 78.0 Å². The van der Waals surface area contributed by atoms with Crippen molar-refractivity contribution in [2.45, 2.75) is 6.18 Å². The number of alkyl halides is 3. The van der Waals surface area contributed by atoms with Gasteiger partial charge in [-0.15, -0.1) is 0 Å². The lowest BCUT2D eigenvalue weighted by atomic mass is 10.2. The van der Waals surface area contributed by atoms with Gasteiger partial charge < -0.3 is 16.0 Å². The lowest BCUT2D eigenvalue weighted by Gasteiger charge is -2.15. The number of amides is 2. The van der Waals surface area contributed by atoms with Crippen molar-refractivity contribution in [3.8, 4) is 23.2 Å². The number of nitrogen functional groups attached to an aromatic ring is 1. The highest BCUT2D eigenvalue weighted by Crippen LogP contribution is 2.30. The smallest absolute Gasteiger partial charge is 0.382 e. The molecule has 0 fully saturated rings. The minimum Gasteiger partial charge on any atom is -0.382 e. The number of pyridine rings is 1. The molecule has 0 aliphatic carbocycles. The molecule has 2 amide bonds. The van der Waals surface area contributed by atoms with E-state index in [-0.39, 0.29) is 28.4 Å². The van der Waals surface area contributed by atoms with Crippen LogP contribution in [0.1, 0.15) is 15.9 Å². The second-order valence-corrected chi connectivity index (χ2v) is 10.2. The van der Waals surface area contributed by atoms with Crippen molar-refractivity contribution in [1.29, 1.82) is 0 Å². The number of carbonyl (C=O) groups excluding carboxylic acids is 2. The van der Waals surface area contributed by atoms with Crippen LogP contribution in [-0.4, -0.2) is 68.5 Å². The summed E-state index contributed by atoms with van der Waals surface area (Å²) in [6, 6.07) is 13.9. The molecule has 0 bridgehead atoms. The predicted molar refractivity (Wildman–Crippen MR) is 166 cm³/mol. The molecule has 0 atom stereocenters. The van der Waals surface area contributed by atoms with E-state index in [1.807, 2.05) is 19.0 Å². The normalized spacial score (nSPS) is 11.3. The zero-order chi connectivity index (χ0) is 33.2. The number of carbonyl (C=O) groups is 2. The highest BCUT2D eigenvalue weighted by molar-refractivity contribution is 6.05. The average molecular weight is 630 g/mol. The Morgan fingerprint density at radius 3 is 2.39 bits per heavy atom. The van der Waals surface area contributed by atoms with Crippen molar-refractivity contribution >= 4 is 40.3 Å². The molecule has 2 aromatic carbocycles. The van der Waals surface area contributed by atoms with Crippen LogP contribution < -0.4 is 21.6 Å². The van der Waals surface area contributed by atoms with E-state index in [1.165, 1.54) is 44.6 Å². The zero-order valence-corrected chi connectivity index (χ0v) is 24.7. The fraction of sp³-hybridized carbons (Fsp3) is 0.161. The maximum Gasteiger partial charge on any atom is 0.416 e. The van der Waals surface area contributed by atoms with Gasteiger partial charge in [-0.05, 0) is 74.6 Å². The first-order valence-electron chi connectivity index (χ1n) is 13.6. The van der Waals surface area contributed by atoms with Crippen LogP contribution in [0.5, 0.6) is 0 Å². The molecule has 5 aromatic rings. The van der Waals surface area contributed by atoms with Gasteiger partial charge in [0.05, 0.1) is 23.5 Å². The number of nitrogens with one attached hydrogen (secondary N) is 1. The number of anilines is 3. The summed E-state index contributed by atoms with van der Waals surface area (Å²) >= 11 is 0. The molecule has 3 aromatic heterocycles. The van der Waals surface area contributed by atoms with E-state index in [0.717, 1.165) is 18.3 Å². The fourth-order valence-electron chi connectivity index (χ4n) is 4.46. The predicted octanol–water partition coefficient (Wildman–Crippen LogP) is 3.35. The molecule has 234 valence electrons. The molecule has 0 radical (unpaired) electrons. The Hall–Kier alpha value is -6.01. The summed E-state index contributed by atoms with van der Waals surface area (Å²) < 4.78 is 41.8. The van der Waals surface area contributed by atoms with Gasteiger partial charge in [0.1, 0.15) is 17.7 Å². The Bertz CT molecular complexity index is 2080. The molecule has 0 spiro atoms. The molecule has 0 saturated heterocycles. The third kappa shape index (κ3) is 6.42. The Kier molecular flexibility index (Phi) is 8.56. The maximum atomic E-state index is 14.0. The van der Waals surface area contributed by atoms with E-state index >= 15 is 0 Å². The molecule has 5 rings (SSSR count). The molecular weight excluding hydrogens is 603 g/mol. The van der Waals surface area contributed by atoms with E-state index in [9.17, 15) is 27.6 Å². The second kappa shape index (κ2) is 12.5. The molecule has 0 unspecified atom stereocenters. The van der Waals surface area contributed by atoms with Crippen molar-refractivity contribution in [3.63, 3.8) is 0 Å². The molecular formula is C31H26F3N9O3. The standard InChI is InChI=1S/C31H26F3N9O3/c1-40(2)15-5-8-25(44)41(3)22-6-4-7-23(17-22)43-28-26(27(35)37-18-38-28)42(30(43)46)21-11-9-19(10-12-21)29(45)39-24-16-20(13-14-36-24)31(32,33)34/h4,6-7,9-14,16-18H,15H2,1-3H3,(H2,35,37,38)(H,36,39,45). The molecule has 46 heavy (non-hydrogen) atoms. The summed E-state index contributed by atoms with van der Waals surface area (Å²) in [4.78, 5) is 54.7. The van der Waals surface area contributed by atoms with E-state index in [1.54, 1.807) is 31.3 Å². The Morgan fingerprint density at radius 1 is 0.957 bits per heavy atom. The highest BCUT2D eigenvalue weighted by Gasteiger charge is 2.31. The van der Waals surface area contributed by atoms with Crippen LogP contribution >= 0.6 is 0 Å². The molecule has 0 aliphatic heterocycles. The van der Waals surface area contributed by atoms with Crippen LogP contribution in [0.3, 0.4) is 0 Å². The number of hydrogen-bond donors (Lipinski definition) is 2. The van der Waals surface area contributed by atoms with Crippen molar-refractivity contribution in [1.82, 2.24) is 29.0 Å². The SMILES string of the molecule is CN(C)CC#CC(=O)N(C)c1cccc(-n2c(=O)n(-c3ccc(C(=O)Nc4cc(C(F)(F)F)ccn4)cc3)c3c(N)ncnc32)c1. The third-order valence-electron chi connectivity index (χ3n) is 6.74. The van der Waals surface area contributed by atoms with Gasteiger partial charge in [0, 0.05) is 24.5 Å². The molecule has 0 aliphatic rings. The van der Waals surface area contributed by atoms with Crippen molar-refractivity contribution in [3.05, 3.63) is 94.8 Å². The maximum absolute atomic E-state index is 14.0. The summed E-state index contributed by atoms with van der Waals surface area (Å²) in [5, 5.41) is 2.34. The number of hydrogen-bond acceptors (Lipinski definition) is 8. The highest BCUT2D eigenvalue weighted by atomic mass is 19.4. The van der Waals surface area contributed by atoms with E-state index in [4.69, 9.17) is 5.73 Å². The van der Waals surface area contributed by atoms with Gasteiger partial charge in [-0.1, -0.05) is 12.0 Å². The molecule has 15 heteroatoms. The minimum atomic E-state index is -4.60. The second-order valence-electron chi connectivity index (χ2n) is 10.2. The molecule has 3 heterocycles. The van der Waals surface area contributed by atoms with Crippen LogP contribution in [0.4, 0.5) is 30.5 Å². The lowest BCUT2D eigenvalue weighted by molar-refractivity contribution is -0.137. The van der Waals surface area contributed by atoms with E-state index < -0.39 is 29.2 Å². The molecule has 3 N–H and O–H groups in total. The first-order chi connectivity index (χ1) is 21.8. The Morgan fingerprint density at radius 2 is 1.70 bits per heavy atom. The Balaban J connectivity index is 1.49. The topological polar surface area (TPSA) is 144 Å². The summed E-state index contributed by atoms with van der Waals surface area (Å²) in [6.07, 6.45) is -2.44. The van der Waals surface area contributed by atoms with Crippen molar-refractivity contribution in [2.24, 2.45) is 0 Å². The lowest BCUT2D eigenvalue weighted by Crippen LogP contribution is -2.26. The van der Waals surface area contributed by atoms with Gasteiger partial charge in [0.15, 0.2) is 11.5 Å². The number of rotatable bonds is 6. The van der Waals surface area contributed by atoms with Gasteiger partial charge in [-0.25, -0.2) is 24.3 Å². The zero-order valence-electron chi connectivity index (χ0n) is 24.7. The summed E-state index contributed by atoms with van der Waals surface area (Å²) in [5.41, 5.74) is 6.32. The monoisotopic (exact) mass is 629 g/mol. The molecule has 0 saturated carbocycles. The van der Waals surface area contributed by atoms with Gasteiger partial charge in [-0.2, -0.15) is 13.2 Å². The third-order valence-corrected chi connectivity index (χ3v) is 6.74. The van der Waals surface area contributed by atoms with Crippen LogP contribution in [0.25, 0.3) is 22.5 Å². The molecule has 12 nitrogen and oxygen atoms in total. The van der Waals surface area contributed by atoms with Crippen molar-refractivity contribution < 1.29 is 22.8 Å². The summed E-state index contributed by atoms with van der Waals surface area (Å²) in [7, 11) is 5.24. The van der Waals surface area contributed by atoms with Crippen LogP contribution in [0.2, 0.25) is 0 Å². The quantitative estimate of drug-likeness (QED) is 0.272. The first-order valence-corrected chi connectivity index (χ1v) is 13.6. The van der Waals surface area contributed by atoms with Crippen LogP contribution in [0, 0.1) is 11.8 Å². The largest absolute Gasteiger partial charge is 0.416 e. The minimum absolute atomic E-state index is 0.0120. The van der Waals surface area contributed by atoms with E-state index in [0.29, 0.717) is 23.6 Å². The Labute approximate surface area is 259 Å². The van der Waals surface area contributed by atoms with Crippen LogP contribution in [-0.2, 0) is 11.0 Å². The van der Waals surface area contributed by atoms with E-state index in [2.05, 4.69) is 32.1 Å².